The van der Waals surface area contributed by atoms with Gasteiger partial charge in [-0.15, -0.1) is 0 Å². The highest BCUT2D eigenvalue weighted by Gasteiger charge is 2.48. The van der Waals surface area contributed by atoms with Gasteiger partial charge in [0.05, 0.1) is 21.9 Å². The maximum Gasteiger partial charge on any atom is 0.137 e. The highest BCUT2D eigenvalue weighted by molar-refractivity contribution is 6.14. The van der Waals surface area contributed by atoms with Crippen LogP contribution < -0.4 is 9.80 Å². The van der Waals surface area contributed by atoms with E-state index in [1.165, 1.54) is 66.8 Å². The van der Waals surface area contributed by atoms with Crippen molar-refractivity contribution >= 4 is 78.0 Å². The molecule has 2 aliphatic carbocycles. The van der Waals surface area contributed by atoms with Gasteiger partial charge >= 0.3 is 0 Å². The molecule has 4 heteroatoms. The minimum absolute atomic E-state index is 0.541. The Labute approximate surface area is 487 Å². The first kappa shape index (κ1) is 47.8. The molecule has 4 nitrogen and oxygen atoms in total. The average molecular weight is 1070 g/mol. The van der Waals surface area contributed by atoms with Gasteiger partial charge in [0.15, 0.2) is 0 Å². The molecule has 13 aromatic carbocycles. The second-order valence-electron chi connectivity index (χ2n) is 22.2. The summed E-state index contributed by atoms with van der Waals surface area (Å²) in [5.41, 5.74) is 23.1. The Kier molecular flexibility index (Phi) is 10.7. The molecule has 84 heavy (non-hydrogen) atoms. The first-order valence-corrected chi connectivity index (χ1v) is 28.9. The van der Waals surface area contributed by atoms with E-state index in [9.17, 15) is 0 Å². The van der Waals surface area contributed by atoms with Crippen molar-refractivity contribution in [2.75, 3.05) is 9.80 Å². The van der Waals surface area contributed by atoms with Crippen LogP contribution in [0.4, 0.5) is 34.1 Å². The Hall–Kier alpha value is -10.9. The van der Waals surface area contributed by atoms with Crippen LogP contribution in [0.5, 0.6) is 0 Å². The van der Waals surface area contributed by atoms with Crippen LogP contribution in [0.2, 0.25) is 0 Å². The predicted molar refractivity (Wildman–Crippen MR) is 345 cm³/mol. The summed E-state index contributed by atoms with van der Waals surface area (Å²) in [5, 5.41) is 4.24. The summed E-state index contributed by atoms with van der Waals surface area (Å²) in [6.45, 7) is 0. The molecule has 0 spiro atoms. The summed E-state index contributed by atoms with van der Waals surface area (Å²) in [7, 11) is 0. The number of benzene rings is 13. The lowest BCUT2D eigenvalue weighted by Crippen LogP contribution is -2.28. The fraction of sp³-hybridized carbons (Fsp3) is 0.0250. The van der Waals surface area contributed by atoms with Crippen molar-refractivity contribution < 1.29 is 8.83 Å². The van der Waals surface area contributed by atoms with E-state index < -0.39 is 10.8 Å². The first-order chi connectivity index (χ1) is 41.7. The molecule has 0 saturated carbocycles. The van der Waals surface area contributed by atoms with Crippen LogP contribution >= 0.6 is 0 Å². The number of hydrogen-bond acceptors (Lipinski definition) is 4. The topological polar surface area (TPSA) is 32.8 Å². The van der Waals surface area contributed by atoms with Gasteiger partial charge in [0.1, 0.15) is 22.3 Å². The van der Waals surface area contributed by atoms with E-state index >= 15 is 0 Å². The van der Waals surface area contributed by atoms with E-state index in [1.807, 2.05) is 6.07 Å². The van der Waals surface area contributed by atoms with Crippen molar-refractivity contribution in [3.63, 3.8) is 0 Å². The molecule has 2 aliphatic rings. The number of nitrogens with zero attached hydrogens (tertiary/aromatic N) is 2. The zero-order chi connectivity index (χ0) is 55.3. The third kappa shape index (κ3) is 6.95. The van der Waals surface area contributed by atoms with Gasteiger partial charge in [-0.3, -0.25) is 0 Å². The molecule has 394 valence electrons. The van der Waals surface area contributed by atoms with Crippen LogP contribution in [0.25, 0.3) is 66.1 Å². The normalized spacial score (nSPS) is 13.4. The van der Waals surface area contributed by atoms with Gasteiger partial charge in [0, 0.05) is 44.6 Å². The molecule has 0 N–H and O–H groups in total. The van der Waals surface area contributed by atoms with E-state index in [-0.39, 0.29) is 0 Å². The fourth-order valence-electron chi connectivity index (χ4n) is 14.6. The van der Waals surface area contributed by atoms with Gasteiger partial charge in [-0.1, -0.05) is 231 Å². The number of furan rings is 2. The lowest BCUT2D eigenvalue weighted by Gasteiger charge is -2.35. The van der Waals surface area contributed by atoms with E-state index in [4.69, 9.17) is 8.83 Å². The second-order valence-corrected chi connectivity index (χ2v) is 22.2. The quantitative estimate of drug-likeness (QED) is 0.137. The molecule has 2 heterocycles. The summed E-state index contributed by atoms with van der Waals surface area (Å²) in [5.74, 6) is 0. The minimum Gasteiger partial charge on any atom is -0.456 e. The van der Waals surface area contributed by atoms with E-state index in [0.717, 1.165) is 78.0 Å². The highest BCUT2D eigenvalue weighted by atomic mass is 16.3. The summed E-state index contributed by atoms with van der Waals surface area (Å²) < 4.78 is 13.2. The number of fused-ring (bicyclic) bond motifs is 12. The van der Waals surface area contributed by atoms with Crippen LogP contribution in [-0.2, 0) is 10.8 Å². The van der Waals surface area contributed by atoms with Gasteiger partial charge in [0.2, 0.25) is 0 Å². The predicted octanol–water partition coefficient (Wildman–Crippen LogP) is 21.2. The van der Waals surface area contributed by atoms with Gasteiger partial charge in [0.25, 0.3) is 0 Å². The molecule has 17 rings (SSSR count). The Morgan fingerprint density at radius 3 is 1.30 bits per heavy atom. The van der Waals surface area contributed by atoms with Crippen LogP contribution in [0.15, 0.2) is 324 Å². The zero-order valence-corrected chi connectivity index (χ0v) is 45.7. The number of hydrogen-bond donors (Lipinski definition) is 0. The Bertz CT molecular complexity index is 4960. The molecular weight excluding hydrogens is 1020 g/mol. The number of rotatable bonds is 10. The largest absolute Gasteiger partial charge is 0.456 e. The summed E-state index contributed by atoms with van der Waals surface area (Å²) in [4.78, 5) is 4.88. The van der Waals surface area contributed by atoms with Crippen LogP contribution in [0.1, 0.15) is 44.5 Å². The maximum atomic E-state index is 6.71. The average Bonchev–Trinajstić information content (AvgIpc) is 1.71. The lowest BCUT2D eigenvalue weighted by molar-refractivity contribution is 0.668. The second kappa shape index (κ2) is 18.8. The Balaban J connectivity index is 0.918. The van der Waals surface area contributed by atoms with E-state index in [2.05, 4.69) is 319 Å². The van der Waals surface area contributed by atoms with Crippen molar-refractivity contribution in [2.24, 2.45) is 0 Å². The molecule has 0 saturated heterocycles. The van der Waals surface area contributed by atoms with Gasteiger partial charge in [-0.2, -0.15) is 0 Å². The standard InChI is InChI=1S/C80H52N2O2/c1-5-23-53(24-6-1)79(54-25-7-2-8-26-54)70-38-18-14-34-63(70)67-50-59(44-47-71(67)79)81(60-45-48-76-68(51-60)65-35-15-19-40-74(65)83-76)57-31-21-32-58(49-57)82(73-39-22-42-77-78(73)66-36-16-20-41-75(66)84-77)61-43-46-64-62-33-13-17-37-69(62)80(72(64)52-61,55-27-9-3-10-28-55)56-29-11-4-12-30-56/h1-52H. The first-order valence-electron chi connectivity index (χ1n) is 28.9. The van der Waals surface area contributed by atoms with Crippen molar-refractivity contribution in [3.8, 4) is 22.3 Å². The van der Waals surface area contributed by atoms with Gasteiger partial charge < -0.3 is 18.6 Å². The molecule has 0 aliphatic heterocycles. The molecule has 0 radical (unpaired) electrons. The van der Waals surface area contributed by atoms with Crippen molar-refractivity contribution in [3.05, 3.63) is 360 Å². The molecule has 15 aromatic rings. The third-order valence-corrected chi connectivity index (χ3v) is 18.0. The molecule has 0 amide bonds. The molecule has 0 unspecified atom stereocenters. The maximum absolute atomic E-state index is 6.71. The van der Waals surface area contributed by atoms with Crippen LogP contribution in [-0.4, -0.2) is 0 Å². The molecule has 0 fully saturated rings. The molecule has 0 atom stereocenters. The fourth-order valence-corrected chi connectivity index (χ4v) is 14.6. The molecular formula is C80H52N2O2. The van der Waals surface area contributed by atoms with Crippen LogP contribution in [0, 0.1) is 0 Å². The lowest BCUT2D eigenvalue weighted by atomic mass is 9.67. The van der Waals surface area contributed by atoms with Gasteiger partial charge in [-0.25, -0.2) is 0 Å². The van der Waals surface area contributed by atoms with Crippen molar-refractivity contribution in [2.45, 2.75) is 10.8 Å². The van der Waals surface area contributed by atoms with E-state index in [1.54, 1.807) is 0 Å². The van der Waals surface area contributed by atoms with Crippen molar-refractivity contribution in [1.29, 1.82) is 0 Å². The molecule has 2 aromatic heterocycles. The van der Waals surface area contributed by atoms with E-state index in [0.29, 0.717) is 0 Å². The van der Waals surface area contributed by atoms with Crippen LogP contribution in [0.3, 0.4) is 0 Å². The zero-order valence-electron chi connectivity index (χ0n) is 45.7. The smallest absolute Gasteiger partial charge is 0.137 e. The van der Waals surface area contributed by atoms with Gasteiger partial charge in [-0.05, 0) is 152 Å². The van der Waals surface area contributed by atoms with Crippen molar-refractivity contribution in [1.82, 2.24) is 0 Å². The Morgan fingerprint density at radius 2 is 0.643 bits per heavy atom. The Morgan fingerprint density at radius 1 is 0.226 bits per heavy atom. The number of para-hydroxylation sites is 2. The minimum atomic E-state index is -0.607. The summed E-state index contributed by atoms with van der Waals surface area (Å²) >= 11 is 0. The highest BCUT2D eigenvalue weighted by Crippen LogP contribution is 2.60. The monoisotopic (exact) mass is 1070 g/mol. The third-order valence-electron chi connectivity index (χ3n) is 18.0. The molecule has 0 bridgehead atoms. The summed E-state index contributed by atoms with van der Waals surface area (Å²) in [6, 6.07) is 115. The summed E-state index contributed by atoms with van der Waals surface area (Å²) in [6.07, 6.45) is 0. The number of anilines is 6. The SMILES string of the molecule is c1ccc(C2(c3ccccc3)c3ccccc3-c3cc(N(c4cccc(N(c5ccc6c(c5)C(c5ccccc5)(c5ccccc5)c5ccccc5-6)c5cccc6oc7ccccc7c56)c4)c4ccc5oc6ccccc6c5c4)ccc32)cc1.